The predicted molar refractivity (Wildman–Crippen MR) is 102 cm³/mol. The molecule has 2 aromatic rings. The number of rotatable bonds is 4. The van der Waals surface area contributed by atoms with Crippen LogP contribution in [0.4, 0.5) is 0 Å². The summed E-state index contributed by atoms with van der Waals surface area (Å²) in [5, 5.41) is 8.56. The van der Waals surface area contributed by atoms with Gasteiger partial charge in [0.2, 0.25) is 5.91 Å². The van der Waals surface area contributed by atoms with Crippen LogP contribution in [0, 0.1) is 13.8 Å². The molecule has 0 radical (unpaired) electrons. The maximum Gasteiger partial charge on any atom is 0.259 e. The highest BCUT2D eigenvalue weighted by molar-refractivity contribution is 5.96. The molecule has 0 N–H and O–H groups in total. The zero-order chi connectivity index (χ0) is 19.8. The van der Waals surface area contributed by atoms with E-state index in [0.717, 1.165) is 49.3 Å². The molecule has 150 valence electrons. The van der Waals surface area contributed by atoms with Crippen molar-refractivity contribution < 1.29 is 14.1 Å². The zero-order valence-electron chi connectivity index (χ0n) is 16.8. The summed E-state index contributed by atoms with van der Waals surface area (Å²) < 4.78 is 7.07. The normalized spacial score (nSPS) is 16.5. The molecular weight excluding hydrogens is 358 g/mol. The van der Waals surface area contributed by atoms with Crippen LogP contribution >= 0.6 is 0 Å². The van der Waals surface area contributed by atoms with E-state index >= 15 is 0 Å². The van der Waals surface area contributed by atoms with Crippen molar-refractivity contribution in [2.45, 2.75) is 52.5 Å². The molecule has 0 saturated carbocycles. The van der Waals surface area contributed by atoms with E-state index in [4.69, 9.17) is 4.52 Å². The van der Waals surface area contributed by atoms with E-state index in [2.05, 4.69) is 10.3 Å². The highest BCUT2D eigenvalue weighted by Crippen LogP contribution is 2.26. The minimum absolute atomic E-state index is 0.0511. The second-order valence-electron chi connectivity index (χ2n) is 7.76. The molecule has 0 spiro atoms. The topological polar surface area (TPSA) is 84.5 Å². The SMILES string of the molecule is Cc1noc(C)c1C(=O)N1CCc2c(c(CCC(=O)N3CCCC3)nn2C)C1. The maximum atomic E-state index is 13.0. The molecule has 2 aromatic heterocycles. The predicted octanol–water partition coefficient (Wildman–Crippen LogP) is 1.78. The van der Waals surface area contributed by atoms with Crippen molar-refractivity contribution in [1.82, 2.24) is 24.7 Å². The second-order valence-corrected chi connectivity index (χ2v) is 7.76. The Morgan fingerprint density at radius 2 is 1.86 bits per heavy atom. The number of fused-ring (bicyclic) bond motifs is 1. The number of aryl methyl sites for hydroxylation is 4. The van der Waals surface area contributed by atoms with Crippen molar-refractivity contribution in [2.24, 2.45) is 7.05 Å². The summed E-state index contributed by atoms with van der Waals surface area (Å²) in [6, 6.07) is 0. The number of amides is 2. The number of hydrogen-bond donors (Lipinski definition) is 0. The maximum absolute atomic E-state index is 13.0. The number of carbonyl (C=O) groups is 2. The van der Waals surface area contributed by atoms with Gasteiger partial charge in [0, 0.05) is 63.7 Å². The first-order chi connectivity index (χ1) is 13.5. The zero-order valence-corrected chi connectivity index (χ0v) is 16.8. The standard InChI is InChI=1S/C20H27N5O3/c1-13-19(14(2)28-22-13)20(27)25-11-8-17-15(12-25)16(21-23(17)3)6-7-18(26)24-9-4-5-10-24/h4-12H2,1-3H3. The van der Waals surface area contributed by atoms with Crippen molar-refractivity contribution >= 4 is 11.8 Å². The quantitative estimate of drug-likeness (QED) is 0.801. The molecule has 0 atom stereocenters. The van der Waals surface area contributed by atoms with Crippen LogP contribution in [0.5, 0.6) is 0 Å². The van der Waals surface area contributed by atoms with Crippen LogP contribution in [0.15, 0.2) is 4.52 Å². The minimum atomic E-state index is -0.0511. The monoisotopic (exact) mass is 385 g/mol. The van der Waals surface area contributed by atoms with Gasteiger partial charge in [-0.3, -0.25) is 14.3 Å². The molecule has 0 aliphatic carbocycles. The van der Waals surface area contributed by atoms with Crippen LogP contribution in [0.3, 0.4) is 0 Å². The Morgan fingerprint density at radius 3 is 2.54 bits per heavy atom. The van der Waals surface area contributed by atoms with Gasteiger partial charge in [-0.05, 0) is 26.7 Å². The minimum Gasteiger partial charge on any atom is -0.361 e. The average Bonchev–Trinajstić information content (AvgIpc) is 3.40. The van der Waals surface area contributed by atoms with Gasteiger partial charge >= 0.3 is 0 Å². The fraction of sp³-hybridized carbons (Fsp3) is 0.600. The summed E-state index contributed by atoms with van der Waals surface area (Å²) in [7, 11) is 1.94. The van der Waals surface area contributed by atoms with Gasteiger partial charge in [-0.2, -0.15) is 5.10 Å². The smallest absolute Gasteiger partial charge is 0.259 e. The van der Waals surface area contributed by atoms with Crippen LogP contribution in [0.1, 0.15) is 58.0 Å². The van der Waals surface area contributed by atoms with Gasteiger partial charge in [0.25, 0.3) is 5.91 Å². The summed E-state index contributed by atoms with van der Waals surface area (Å²) in [5.74, 6) is 0.706. The van der Waals surface area contributed by atoms with Gasteiger partial charge in [-0.25, -0.2) is 0 Å². The molecule has 28 heavy (non-hydrogen) atoms. The lowest BCUT2D eigenvalue weighted by Crippen LogP contribution is -2.37. The largest absolute Gasteiger partial charge is 0.361 e. The third kappa shape index (κ3) is 3.31. The van der Waals surface area contributed by atoms with Gasteiger partial charge in [0.05, 0.1) is 11.4 Å². The van der Waals surface area contributed by atoms with Crippen molar-refractivity contribution in [3.05, 3.63) is 34.0 Å². The van der Waals surface area contributed by atoms with E-state index in [0.29, 0.717) is 42.9 Å². The number of aromatic nitrogens is 3. The fourth-order valence-electron chi connectivity index (χ4n) is 4.34. The molecule has 8 nitrogen and oxygen atoms in total. The molecule has 1 fully saturated rings. The summed E-state index contributed by atoms with van der Waals surface area (Å²) >= 11 is 0. The highest BCUT2D eigenvalue weighted by atomic mass is 16.5. The Kier molecular flexibility index (Phi) is 4.95. The van der Waals surface area contributed by atoms with Crippen LogP contribution < -0.4 is 0 Å². The van der Waals surface area contributed by atoms with Crippen molar-refractivity contribution in [1.29, 1.82) is 0 Å². The van der Waals surface area contributed by atoms with Gasteiger partial charge in [0.15, 0.2) is 0 Å². The summed E-state index contributed by atoms with van der Waals surface area (Å²) in [6.45, 7) is 6.46. The van der Waals surface area contributed by atoms with E-state index in [-0.39, 0.29) is 11.8 Å². The van der Waals surface area contributed by atoms with Gasteiger partial charge < -0.3 is 14.3 Å². The molecule has 4 rings (SSSR count). The number of carbonyl (C=O) groups excluding carboxylic acids is 2. The van der Waals surface area contributed by atoms with Crippen LogP contribution in [0.25, 0.3) is 0 Å². The summed E-state index contributed by atoms with van der Waals surface area (Å²) in [6.07, 6.45) is 4.05. The first-order valence-electron chi connectivity index (χ1n) is 9.99. The fourth-order valence-corrected chi connectivity index (χ4v) is 4.34. The second kappa shape index (κ2) is 7.41. The van der Waals surface area contributed by atoms with Crippen LogP contribution in [-0.2, 0) is 31.2 Å². The van der Waals surface area contributed by atoms with Gasteiger partial charge in [0.1, 0.15) is 11.3 Å². The number of nitrogens with zero attached hydrogens (tertiary/aromatic N) is 5. The third-order valence-corrected chi connectivity index (χ3v) is 5.89. The van der Waals surface area contributed by atoms with E-state index < -0.39 is 0 Å². The Bertz CT molecular complexity index is 888. The molecule has 1 saturated heterocycles. The average molecular weight is 385 g/mol. The summed E-state index contributed by atoms with van der Waals surface area (Å²) in [4.78, 5) is 29.2. The highest BCUT2D eigenvalue weighted by Gasteiger charge is 2.30. The summed E-state index contributed by atoms with van der Waals surface area (Å²) in [5.41, 5.74) is 4.35. The first kappa shape index (κ1) is 18.7. The molecule has 2 amide bonds. The van der Waals surface area contributed by atoms with Crippen LogP contribution in [0.2, 0.25) is 0 Å². The molecule has 0 bridgehead atoms. The molecule has 2 aliphatic heterocycles. The number of hydrogen-bond acceptors (Lipinski definition) is 5. The van der Waals surface area contributed by atoms with Gasteiger partial charge in [-0.15, -0.1) is 0 Å². The molecular formula is C20H27N5O3. The Morgan fingerprint density at radius 1 is 1.11 bits per heavy atom. The van der Waals surface area contributed by atoms with E-state index in [1.165, 1.54) is 0 Å². The third-order valence-electron chi connectivity index (χ3n) is 5.89. The number of likely N-dealkylation sites (tertiary alicyclic amines) is 1. The first-order valence-corrected chi connectivity index (χ1v) is 9.99. The lowest BCUT2D eigenvalue weighted by molar-refractivity contribution is -0.130. The molecule has 8 heteroatoms. The molecule has 0 unspecified atom stereocenters. The van der Waals surface area contributed by atoms with Crippen molar-refractivity contribution in [3.8, 4) is 0 Å². The van der Waals surface area contributed by atoms with E-state index in [9.17, 15) is 9.59 Å². The molecule has 4 heterocycles. The Balaban J connectivity index is 1.49. The Labute approximate surface area is 164 Å². The van der Waals surface area contributed by atoms with Gasteiger partial charge in [-0.1, -0.05) is 5.16 Å². The molecule has 2 aliphatic rings. The van der Waals surface area contributed by atoms with E-state index in [1.54, 1.807) is 13.8 Å². The lowest BCUT2D eigenvalue weighted by atomic mass is 10.0. The van der Waals surface area contributed by atoms with Crippen molar-refractivity contribution in [2.75, 3.05) is 19.6 Å². The Hall–Kier alpha value is -2.64. The molecule has 0 aromatic carbocycles. The lowest BCUT2D eigenvalue weighted by Gasteiger charge is -2.27. The van der Waals surface area contributed by atoms with E-state index in [1.807, 2.05) is 21.5 Å². The van der Waals surface area contributed by atoms with Crippen LogP contribution in [-0.4, -0.2) is 56.2 Å². The van der Waals surface area contributed by atoms with Crippen molar-refractivity contribution in [3.63, 3.8) is 0 Å².